The summed E-state index contributed by atoms with van der Waals surface area (Å²) < 4.78 is 37.7. The summed E-state index contributed by atoms with van der Waals surface area (Å²) in [5.74, 6) is -0.288. The molecule has 8 heteroatoms. The van der Waals surface area contributed by atoms with Gasteiger partial charge in [-0.2, -0.15) is 4.31 Å². The summed E-state index contributed by atoms with van der Waals surface area (Å²) in [7, 11) is -0.855. The van der Waals surface area contributed by atoms with Crippen molar-refractivity contribution < 1.29 is 27.5 Å². The molecule has 0 saturated heterocycles. The zero-order valence-corrected chi connectivity index (χ0v) is 15.5. The number of carboxylic acid groups (broad SMARTS) is 1. The lowest BCUT2D eigenvalue weighted by atomic mass is 10.1. The van der Waals surface area contributed by atoms with Gasteiger partial charge in [-0.3, -0.25) is 0 Å². The lowest BCUT2D eigenvalue weighted by Gasteiger charge is -2.24. The third kappa shape index (κ3) is 3.54. The van der Waals surface area contributed by atoms with E-state index >= 15 is 0 Å². The molecule has 2 aromatic rings. The van der Waals surface area contributed by atoms with Crippen molar-refractivity contribution in [2.45, 2.75) is 31.7 Å². The third-order valence-corrected chi connectivity index (χ3v) is 6.36. The van der Waals surface area contributed by atoms with Gasteiger partial charge < -0.3 is 14.3 Å². The molecule has 25 heavy (non-hydrogen) atoms. The molecule has 7 nitrogen and oxygen atoms in total. The van der Waals surface area contributed by atoms with Gasteiger partial charge in [0, 0.05) is 7.05 Å². The first-order valence-electron chi connectivity index (χ1n) is 7.54. The third-order valence-electron chi connectivity index (χ3n) is 4.13. The molecule has 0 aliphatic carbocycles. The predicted molar refractivity (Wildman–Crippen MR) is 91.5 cm³/mol. The van der Waals surface area contributed by atoms with Gasteiger partial charge in [0.15, 0.2) is 0 Å². The maximum Gasteiger partial charge on any atom is 0.338 e. The second-order valence-electron chi connectivity index (χ2n) is 5.83. The molecular formula is C17H21NO6S. The van der Waals surface area contributed by atoms with Crippen LogP contribution in [0.3, 0.4) is 0 Å². The quantitative estimate of drug-likeness (QED) is 0.843. The van der Waals surface area contributed by atoms with Crippen LogP contribution < -0.4 is 4.74 Å². The standard InChI is InChI=1S/C17H21NO6S/c1-10-6-14(23-5)7-11(2)16(10)25(21,22)18(4)12(3)15-8-13(9-24-15)17(19)20/h6-9,12H,1-5H3,(H,19,20). The number of rotatable bonds is 6. The van der Waals surface area contributed by atoms with Gasteiger partial charge >= 0.3 is 5.97 Å². The smallest absolute Gasteiger partial charge is 0.338 e. The number of carbonyl (C=O) groups is 1. The van der Waals surface area contributed by atoms with Crippen LogP contribution in [0.25, 0.3) is 0 Å². The van der Waals surface area contributed by atoms with E-state index in [2.05, 4.69) is 0 Å². The van der Waals surface area contributed by atoms with Crippen molar-refractivity contribution in [1.29, 1.82) is 0 Å². The summed E-state index contributed by atoms with van der Waals surface area (Å²) in [6.07, 6.45) is 1.10. The molecule has 0 fully saturated rings. The molecule has 0 aliphatic rings. The summed E-state index contributed by atoms with van der Waals surface area (Å²) in [6.45, 7) is 5.04. The van der Waals surface area contributed by atoms with E-state index in [-0.39, 0.29) is 16.2 Å². The number of furan rings is 1. The molecular weight excluding hydrogens is 346 g/mol. The molecule has 0 spiro atoms. The van der Waals surface area contributed by atoms with Crippen LogP contribution in [0.4, 0.5) is 0 Å². The normalized spacial score (nSPS) is 13.0. The van der Waals surface area contributed by atoms with Crippen LogP contribution in [-0.4, -0.2) is 38.0 Å². The number of nitrogens with zero attached hydrogens (tertiary/aromatic N) is 1. The van der Waals surface area contributed by atoms with E-state index in [1.807, 2.05) is 0 Å². The van der Waals surface area contributed by atoms with Gasteiger partial charge in [0.25, 0.3) is 0 Å². The number of methoxy groups -OCH3 is 1. The molecule has 1 aromatic heterocycles. The largest absolute Gasteiger partial charge is 0.497 e. The van der Waals surface area contributed by atoms with Crippen LogP contribution in [-0.2, 0) is 10.0 Å². The molecule has 1 unspecified atom stereocenters. The minimum Gasteiger partial charge on any atom is -0.497 e. The fourth-order valence-corrected chi connectivity index (χ4v) is 4.39. The van der Waals surface area contributed by atoms with Crippen molar-refractivity contribution >= 4 is 16.0 Å². The lowest BCUT2D eigenvalue weighted by Crippen LogP contribution is -2.30. The Labute approximate surface area is 146 Å². The summed E-state index contributed by atoms with van der Waals surface area (Å²) >= 11 is 0. The Hall–Kier alpha value is -2.32. The van der Waals surface area contributed by atoms with Crippen molar-refractivity contribution in [3.63, 3.8) is 0 Å². The molecule has 1 aromatic carbocycles. The van der Waals surface area contributed by atoms with Crippen LogP contribution in [0, 0.1) is 13.8 Å². The number of aromatic carboxylic acids is 1. The van der Waals surface area contributed by atoms with Gasteiger partial charge in [0.1, 0.15) is 17.8 Å². The first-order chi connectivity index (χ1) is 11.6. The van der Waals surface area contributed by atoms with Crippen LogP contribution in [0.5, 0.6) is 5.75 Å². The van der Waals surface area contributed by atoms with Crippen LogP contribution in [0.2, 0.25) is 0 Å². The van der Waals surface area contributed by atoms with Gasteiger partial charge in [0.2, 0.25) is 10.0 Å². The molecule has 0 bridgehead atoms. The number of hydrogen-bond acceptors (Lipinski definition) is 5. The van der Waals surface area contributed by atoms with Crippen molar-refractivity contribution in [2.75, 3.05) is 14.2 Å². The van der Waals surface area contributed by atoms with Crippen LogP contribution in [0.1, 0.15) is 40.2 Å². The Morgan fingerprint density at radius 3 is 2.24 bits per heavy atom. The Morgan fingerprint density at radius 1 is 1.24 bits per heavy atom. The fourth-order valence-electron chi connectivity index (χ4n) is 2.65. The highest BCUT2D eigenvalue weighted by molar-refractivity contribution is 7.89. The number of sulfonamides is 1. The zero-order valence-electron chi connectivity index (χ0n) is 14.7. The summed E-state index contributed by atoms with van der Waals surface area (Å²) in [4.78, 5) is 11.2. The van der Waals surface area contributed by atoms with E-state index in [1.165, 1.54) is 24.5 Å². The summed E-state index contributed by atoms with van der Waals surface area (Å²) in [5, 5.41) is 8.97. The van der Waals surface area contributed by atoms with Crippen molar-refractivity contribution in [1.82, 2.24) is 4.31 Å². The maximum absolute atomic E-state index is 13.1. The summed E-state index contributed by atoms with van der Waals surface area (Å²) in [5.41, 5.74) is 1.12. The maximum atomic E-state index is 13.1. The highest BCUT2D eigenvalue weighted by Gasteiger charge is 2.31. The van der Waals surface area contributed by atoms with E-state index in [0.29, 0.717) is 16.9 Å². The monoisotopic (exact) mass is 367 g/mol. The van der Waals surface area contributed by atoms with E-state index in [0.717, 1.165) is 6.26 Å². The minimum atomic E-state index is -3.81. The van der Waals surface area contributed by atoms with Gasteiger partial charge in [-0.25, -0.2) is 13.2 Å². The van der Waals surface area contributed by atoms with Crippen molar-refractivity contribution in [3.05, 3.63) is 46.9 Å². The molecule has 0 radical (unpaired) electrons. The average molecular weight is 367 g/mol. The lowest BCUT2D eigenvalue weighted by molar-refractivity contribution is 0.0696. The zero-order chi connectivity index (χ0) is 18.9. The van der Waals surface area contributed by atoms with E-state index in [9.17, 15) is 13.2 Å². The Morgan fingerprint density at radius 2 is 1.80 bits per heavy atom. The SMILES string of the molecule is COc1cc(C)c(S(=O)(=O)N(C)C(C)c2cc(C(=O)O)co2)c(C)c1. The average Bonchev–Trinajstić information content (AvgIpc) is 3.02. The number of benzene rings is 1. The number of ether oxygens (including phenoxy) is 1. The molecule has 0 aliphatic heterocycles. The molecule has 2 rings (SSSR count). The first-order valence-corrected chi connectivity index (χ1v) is 8.98. The highest BCUT2D eigenvalue weighted by Crippen LogP contribution is 2.32. The van der Waals surface area contributed by atoms with Crippen LogP contribution >= 0.6 is 0 Å². The number of aryl methyl sites for hydroxylation is 2. The van der Waals surface area contributed by atoms with Crippen LogP contribution in [0.15, 0.2) is 33.8 Å². The molecule has 136 valence electrons. The molecule has 1 heterocycles. The molecule has 0 saturated carbocycles. The number of carboxylic acids is 1. The predicted octanol–water partition coefficient (Wildman–Crippen LogP) is 2.98. The fraction of sp³-hybridized carbons (Fsp3) is 0.353. The van der Waals surface area contributed by atoms with Gasteiger partial charge in [-0.05, 0) is 50.1 Å². The van der Waals surface area contributed by atoms with Crippen molar-refractivity contribution in [2.24, 2.45) is 0 Å². The second kappa shape index (κ2) is 6.89. The Kier molecular flexibility index (Phi) is 5.24. The van der Waals surface area contributed by atoms with Crippen molar-refractivity contribution in [3.8, 4) is 5.75 Å². The molecule has 1 N–H and O–H groups in total. The number of hydrogen-bond donors (Lipinski definition) is 1. The van der Waals surface area contributed by atoms with E-state index < -0.39 is 22.0 Å². The van der Waals surface area contributed by atoms with Gasteiger partial charge in [-0.15, -0.1) is 0 Å². The molecule has 0 amide bonds. The van der Waals surface area contributed by atoms with Gasteiger partial charge in [0.05, 0.1) is 23.6 Å². The first kappa shape index (κ1) is 19.0. The topological polar surface area (TPSA) is 97.1 Å². The Bertz CT molecular complexity index is 877. The molecule has 1 atom stereocenters. The Balaban J connectivity index is 2.43. The van der Waals surface area contributed by atoms with E-state index in [4.69, 9.17) is 14.3 Å². The van der Waals surface area contributed by atoms with E-state index in [1.54, 1.807) is 32.9 Å². The van der Waals surface area contributed by atoms with Gasteiger partial charge in [-0.1, -0.05) is 0 Å². The second-order valence-corrected chi connectivity index (χ2v) is 7.76. The minimum absolute atomic E-state index is 0.0237. The summed E-state index contributed by atoms with van der Waals surface area (Å²) in [6, 6.07) is 3.98. The highest BCUT2D eigenvalue weighted by atomic mass is 32.2.